The first-order valence-electron chi connectivity index (χ1n) is 5.88. The van der Waals surface area contributed by atoms with Gasteiger partial charge in [0.2, 0.25) is 0 Å². The van der Waals surface area contributed by atoms with Crippen molar-refractivity contribution in [3.05, 3.63) is 28.8 Å². The van der Waals surface area contributed by atoms with E-state index >= 15 is 0 Å². The van der Waals surface area contributed by atoms with Crippen LogP contribution >= 0.6 is 11.6 Å². The van der Waals surface area contributed by atoms with E-state index in [-0.39, 0.29) is 0 Å². The molecule has 0 radical (unpaired) electrons. The van der Waals surface area contributed by atoms with Gasteiger partial charge in [0, 0.05) is 50.1 Å². The number of hydrogen-bond acceptors (Lipinski definition) is 3. The third-order valence-corrected chi connectivity index (χ3v) is 3.12. The second kappa shape index (κ2) is 7.54. The standard InChI is InChI=1S/C13H21ClN2O/c1-4-16(2)13-7-5-6-12(14)11(13)10-15-8-9-17-3/h5-7,15H,4,8-10H2,1-3H3. The summed E-state index contributed by atoms with van der Waals surface area (Å²) in [6, 6.07) is 6.02. The van der Waals surface area contributed by atoms with Gasteiger partial charge in [-0.3, -0.25) is 0 Å². The SMILES string of the molecule is CCN(C)c1cccc(Cl)c1CNCCOC. The molecule has 0 heterocycles. The fraction of sp³-hybridized carbons (Fsp3) is 0.538. The molecule has 0 bridgehead atoms. The molecule has 0 atom stereocenters. The second-order valence-corrected chi connectivity index (χ2v) is 4.33. The van der Waals surface area contributed by atoms with E-state index in [4.69, 9.17) is 16.3 Å². The van der Waals surface area contributed by atoms with Crippen molar-refractivity contribution in [2.75, 3.05) is 38.8 Å². The van der Waals surface area contributed by atoms with Crippen molar-refractivity contribution in [3.8, 4) is 0 Å². The molecule has 0 aromatic heterocycles. The summed E-state index contributed by atoms with van der Waals surface area (Å²) in [4.78, 5) is 2.19. The van der Waals surface area contributed by atoms with Gasteiger partial charge >= 0.3 is 0 Å². The number of hydrogen-bond donors (Lipinski definition) is 1. The fourth-order valence-electron chi connectivity index (χ4n) is 1.64. The monoisotopic (exact) mass is 256 g/mol. The predicted molar refractivity (Wildman–Crippen MR) is 74.0 cm³/mol. The predicted octanol–water partition coefficient (Wildman–Crippen LogP) is 2.53. The van der Waals surface area contributed by atoms with Crippen molar-refractivity contribution in [2.24, 2.45) is 0 Å². The number of rotatable bonds is 7. The first-order valence-corrected chi connectivity index (χ1v) is 6.26. The molecule has 0 saturated heterocycles. The molecule has 3 nitrogen and oxygen atoms in total. The average molecular weight is 257 g/mol. The lowest BCUT2D eigenvalue weighted by molar-refractivity contribution is 0.199. The van der Waals surface area contributed by atoms with Crippen LogP contribution in [-0.4, -0.2) is 33.9 Å². The topological polar surface area (TPSA) is 24.5 Å². The van der Waals surface area contributed by atoms with Gasteiger partial charge in [-0.2, -0.15) is 0 Å². The Labute approximate surface area is 109 Å². The van der Waals surface area contributed by atoms with Crippen LogP contribution < -0.4 is 10.2 Å². The summed E-state index contributed by atoms with van der Waals surface area (Å²) in [6.45, 7) is 5.40. The number of methoxy groups -OCH3 is 1. The van der Waals surface area contributed by atoms with Gasteiger partial charge in [-0.25, -0.2) is 0 Å². The number of benzene rings is 1. The molecular weight excluding hydrogens is 236 g/mol. The van der Waals surface area contributed by atoms with Crippen LogP contribution in [0.25, 0.3) is 0 Å². The van der Waals surface area contributed by atoms with Crippen molar-refractivity contribution >= 4 is 17.3 Å². The molecule has 0 aliphatic heterocycles. The summed E-state index contributed by atoms with van der Waals surface area (Å²) in [5.74, 6) is 0. The smallest absolute Gasteiger partial charge is 0.0587 e. The first kappa shape index (κ1) is 14.3. The zero-order chi connectivity index (χ0) is 12.7. The molecule has 0 amide bonds. The number of ether oxygens (including phenoxy) is 1. The van der Waals surface area contributed by atoms with E-state index in [9.17, 15) is 0 Å². The summed E-state index contributed by atoms with van der Waals surface area (Å²) in [5.41, 5.74) is 2.33. The van der Waals surface area contributed by atoms with E-state index in [1.54, 1.807) is 7.11 Å². The molecule has 17 heavy (non-hydrogen) atoms. The Kier molecular flexibility index (Phi) is 6.34. The molecule has 1 aromatic rings. The summed E-state index contributed by atoms with van der Waals surface area (Å²) < 4.78 is 5.00. The van der Waals surface area contributed by atoms with Gasteiger partial charge in [0.25, 0.3) is 0 Å². The molecule has 0 spiro atoms. The average Bonchev–Trinajstić information content (AvgIpc) is 2.35. The van der Waals surface area contributed by atoms with Crippen LogP contribution in [0.1, 0.15) is 12.5 Å². The highest BCUT2D eigenvalue weighted by atomic mass is 35.5. The molecule has 0 unspecified atom stereocenters. The minimum Gasteiger partial charge on any atom is -0.383 e. The van der Waals surface area contributed by atoms with Crippen molar-refractivity contribution in [2.45, 2.75) is 13.5 Å². The van der Waals surface area contributed by atoms with Gasteiger partial charge in [0.05, 0.1) is 6.61 Å². The number of anilines is 1. The summed E-state index contributed by atoms with van der Waals surface area (Å²) in [6.07, 6.45) is 0. The van der Waals surface area contributed by atoms with Gasteiger partial charge < -0.3 is 15.0 Å². The van der Waals surface area contributed by atoms with Crippen LogP contribution in [0.4, 0.5) is 5.69 Å². The van der Waals surface area contributed by atoms with Crippen molar-refractivity contribution in [3.63, 3.8) is 0 Å². The summed E-state index contributed by atoms with van der Waals surface area (Å²) >= 11 is 6.25. The number of nitrogens with zero attached hydrogens (tertiary/aromatic N) is 1. The molecular formula is C13H21ClN2O. The molecule has 4 heteroatoms. The molecule has 0 fully saturated rings. The Morgan fingerprint density at radius 1 is 1.41 bits per heavy atom. The van der Waals surface area contributed by atoms with E-state index < -0.39 is 0 Å². The van der Waals surface area contributed by atoms with Crippen LogP contribution in [0.5, 0.6) is 0 Å². The lowest BCUT2D eigenvalue weighted by Gasteiger charge is -2.21. The molecule has 0 aliphatic carbocycles. The highest BCUT2D eigenvalue weighted by Crippen LogP contribution is 2.26. The third kappa shape index (κ3) is 4.19. The van der Waals surface area contributed by atoms with Gasteiger partial charge in [-0.1, -0.05) is 17.7 Å². The number of halogens is 1. The Hall–Kier alpha value is -0.770. The lowest BCUT2D eigenvalue weighted by Crippen LogP contribution is -2.22. The van der Waals surface area contributed by atoms with Gasteiger partial charge in [0.1, 0.15) is 0 Å². The van der Waals surface area contributed by atoms with Crippen molar-refractivity contribution in [1.82, 2.24) is 5.32 Å². The first-order chi connectivity index (χ1) is 8.20. The van der Waals surface area contributed by atoms with Crippen LogP contribution in [-0.2, 0) is 11.3 Å². The Balaban J connectivity index is 2.73. The van der Waals surface area contributed by atoms with E-state index in [1.165, 1.54) is 5.69 Å². The maximum Gasteiger partial charge on any atom is 0.0587 e. The molecule has 1 aromatic carbocycles. The maximum absolute atomic E-state index is 6.25. The molecule has 0 aliphatic rings. The highest BCUT2D eigenvalue weighted by Gasteiger charge is 2.09. The van der Waals surface area contributed by atoms with E-state index in [2.05, 4.69) is 30.3 Å². The van der Waals surface area contributed by atoms with E-state index in [0.29, 0.717) is 6.61 Å². The Bertz CT molecular complexity index is 344. The molecule has 1 rings (SSSR count). The zero-order valence-corrected chi connectivity index (χ0v) is 11.5. The Morgan fingerprint density at radius 2 is 2.18 bits per heavy atom. The van der Waals surface area contributed by atoms with Gasteiger partial charge in [-0.05, 0) is 19.1 Å². The van der Waals surface area contributed by atoms with Crippen LogP contribution in [0, 0.1) is 0 Å². The molecule has 1 N–H and O–H groups in total. The minimum absolute atomic E-state index is 0.712. The molecule has 0 saturated carbocycles. The number of nitrogens with one attached hydrogen (secondary N) is 1. The highest BCUT2D eigenvalue weighted by molar-refractivity contribution is 6.31. The van der Waals surface area contributed by atoms with Crippen molar-refractivity contribution < 1.29 is 4.74 Å². The van der Waals surface area contributed by atoms with Crippen molar-refractivity contribution in [1.29, 1.82) is 0 Å². The maximum atomic E-state index is 6.25. The minimum atomic E-state index is 0.712. The largest absolute Gasteiger partial charge is 0.383 e. The fourth-order valence-corrected chi connectivity index (χ4v) is 1.87. The van der Waals surface area contributed by atoms with Gasteiger partial charge in [0.15, 0.2) is 0 Å². The quantitative estimate of drug-likeness (QED) is 0.759. The zero-order valence-electron chi connectivity index (χ0n) is 10.8. The van der Waals surface area contributed by atoms with E-state index in [1.807, 2.05) is 12.1 Å². The second-order valence-electron chi connectivity index (χ2n) is 3.92. The van der Waals surface area contributed by atoms with Crippen LogP contribution in [0.15, 0.2) is 18.2 Å². The normalized spacial score (nSPS) is 10.6. The van der Waals surface area contributed by atoms with E-state index in [0.717, 1.165) is 30.2 Å². The van der Waals surface area contributed by atoms with Gasteiger partial charge in [-0.15, -0.1) is 0 Å². The molecule has 96 valence electrons. The Morgan fingerprint density at radius 3 is 2.82 bits per heavy atom. The van der Waals surface area contributed by atoms with Crippen LogP contribution in [0.2, 0.25) is 5.02 Å². The summed E-state index contributed by atoms with van der Waals surface area (Å²) in [5, 5.41) is 4.14. The lowest BCUT2D eigenvalue weighted by atomic mass is 10.1. The third-order valence-electron chi connectivity index (χ3n) is 2.76. The van der Waals surface area contributed by atoms with Crippen LogP contribution in [0.3, 0.4) is 0 Å². The summed E-state index contributed by atoms with van der Waals surface area (Å²) in [7, 11) is 3.78.